The standard InChI is InChI=1S/C21H14N6OS/c28-21(26-17-7-3-9-23-20(17)27-13-22-12-24-27)15-11-18(19-8-4-10-29-19)25-16-6-2-1-5-14(15)16/h1-13H,(H,26,28). The summed E-state index contributed by atoms with van der Waals surface area (Å²) in [5.74, 6) is 0.256. The zero-order valence-electron chi connectivity index (χ0n) is 15.1. The van der Waals surface area contributed by atoms with Gasteiger partial charge in [0.2, 0.25) is 0 Å². The SMILES string of the molecule is O=C(Nc1cccnc1-n1cncn1)c1cc(-c2cccs2)nc2ccccc12. The fraction of sp³-hybridized carbons (Fsp3) is 0. The first kappa shape index (κ1) is 17.2. The number of hydrogen-bond donors (Lipinski definition) is 1. The van der Waals surface area contributed by atoms with Crippen molar-refractivity contribution in [2.45, 2.75) is 0 Å². The van der Waals surface area contributed by atoms with Crippen LogP contribution in [0.5, 0.6) is 0 Å². The molecule has 29 heavy (non-hydrogen) atoms. The summed E-state index contributed by atoms with van der Waals surface area (Å²) in [7, 11) is 0. The second kappa shape index (κ2) is 7.25. The number of carbonyl (C=O) groups excluding carboxylic acids is 1. The van der Waals surface area contributed by atoms with Crippen molar-refractivity contribution in [2.24, 2.45) is 0 Å². The first-order chi connectivity index (χ1) is 14.3. The first-order valence-corrected chi connectivity index (χ1v) is 9.72. The molecule has 0 bridgehead atoms. The molecule has 0 aliphatic carbocycles. The number of nitrogens with one attached hydrogen (secondary N) is 1. The minimum atomic E-state index is -0.240. The summed E-state index contributed by atoms with van der Waals surface area (Å²) in [6.45, 7) is 0. The summed E-state index contributed by atoms with van der Waals surface area (Å²) >= 11 is 1.59. The number of amides is 1. The second-order valence-electron chi connectivity index (χ2n) is 6.22. The van der Waals surface area contributed by atoms with Gasteiger partial charge in [-0.1, -0.05) is 24.3 Å². The Bertz CT molecular complexity index is 1300. The zero-order chi connectivity index (χ0) is 19.6. The van der Waals surface area contributed by atoms with Gasteiger partial charge in [-0.2, -0.15) is 5.10 Å². The fourth-order valence-electron chi connectivity index (χ4n) is 3.10. The summed E-state index contributed by atoms with van der Waals surface area (Å²) in [6, 6.07) is 17.0. The number of carbonyl (C=O) groups is 1. The van der Waals surface area contributed by atoms with Crippen LogP contribution in [0.25, 0.3) is 27.3 Å². The fourth-order valence-corrected chi connectivity index (χ4v) is 3.78. The lowest BCUT2D eigenvalue weighted by atomic mass is 10.1. The van der Waals surface area contributed by atoms with E-state index in [4.69, 9.17) is 4.98 Å². The van der Waals surface area contributed by atoms with Crippen molar-refractivity contribution in [3.8, 4) is 16.4 Å². The van der Waals surface area contributed by atoms with E-state index in [1.165, 1.54) is 17.3 Å². The van der Waals surface area contributed by atoms with E-state index in [-0.39, 0.29) is 5.91 Å². The number of fused-ring (bicyclic) bond motifs is 1. The van der Waals surface area contributed by atoms with E-state index in [1.54, 1.807) is 29.7 Å². The Hall–Kier alpha value is -3.91. The van der Waals surface area contributed by atoms with Crippen LogP contribution in [0.4, 0.5) is 5.69 Å². The normalized spacial score (nSPS) is 10.9. The van der Waals surface area contributed by atoms with Crippen LogP contribution < -0.4 is 5.32 Å². The minimum absolute atomic E-state index is 0.240. The molecule has 4 heterocycles. The van der Waals surface area contributed by atoms with E-state index in [0.29, 0.717) is 17.1 Å². The number of thiophene rings is 1. The van der Waals surface area contributed by atoms with E-state index in [1.807, 2.05) is 47.8 Å². The topological polar surface area (TPSA) is 85.6 Å². The molecule has 0 radical (unpaired) electrons. The maximum Gasteiger partial charge on any atom is 0.256 e. The molecule has 0 aliphatic heterocycles. The Morgan fingerprint density at radius 1 is 1.07 bits per heavy atom. The summed E-state index contributed by atoms with van der Waals surface area (Å²) < 4.78 is 1.51. The third kappa shape index (κ3) is 3.26. The molecule has 0 unspecified atom stereocenters. The highest BCUT2D eigenvalue weighted by atomic mass is 32.1. The lowest BCUT2D eigenvalue weighted by Gasteiger charge is -2.12. The van der Waals surface area contributed by atoms with Crippen molar-refractivity contribution in [3.05, 3.63) is 84.4 Å². The van der Waals surface area contributed by atoms with Crippen LogP contribution in [-0.4, -0.2) is 30.6 Å². The molecule has 1 N–H and O–H groups in total. The number of nitrogens with zero attached hydrogens (tertiary/aromatic N) is 5. The molecule has 7 nitrogen and oxygen atoms in total. The van der Waals surface area contributed by atoms with Gasteiger partial charge in [0.15, 0.2) is 5.82 Å². The largest absolute Gasteiger partial charge is 0.319 e. The molecule has 5 rings (SSSR count). The molecule has 8 heteroatoms. The number of para-hydroxylation sites is 1. The predicted octanol–water partition coefficient (Wildman–Crippen LogP) is 4.19. The second-order valence-corrected chi connectivity index (χ2v) is 7.17. The molecule has 0 aliphatic rings. The number of rotatable bonds is 4. The highest BCUT2D eigenvalue weighted by Gasteiger charge is 2.16. The Morgan fingerprint density at radius 2 is 2.00 bits per heavy atom. The highest BCUT2D eigenvalue weighted by molar-refractivity contribution is 7.13. The van der Waals surface area contributed by atoms with E-state index in [9.17, 15) is 4.79 Å². The van der Waals surface area contributed by atoms with Gasteiger partial charge in [-0.05, 0) is 35.7 Å². The number of hydrogen-bond acceptors (Lipinski definition) is 6. The van der Waals surface area contributed by atoms with Crippen molar-refractivity contribution < 1.29 is 4.79 Å². The molecule has 1 amide bonds. The van der Waals surface area contributed by atoms with Crippen LogP contribution in [0, 0.1) is 0 Å². The zero-order valence-corrected chi connectivity index (χ0v) is 15.9. The molecule has 0 saturated heterocycles. The van der Waals surface area contributed by atoms with Crippen LogP contribution in [0.3, 0.4) is 0 Å². The maximum absolute atomic E-state index is 13.3. The van der Waals surface area contributed by atoms with Gasteiger partial charge >= 0.3 is 0 Å². The average molecular weight is 398 g/mol. The number of anilines is 1. The molecule has 140 valence electrons. The van der Waals surface area contributed by atoms with Gasteiger partial charge in [-0.15, -0.1) is 11.3 Å². The molecule has 5 aromatic rings. The predicted molar refractivity (Wildman–Crippen MR) is 112 cm³/mol. The van der Waals surface area contributed by atoms with Crippen molar-refractivity contribution >= 4 is 33.8 Å². The first-order valence-electron chi connectivity index (χ1n) is 8.84. The van der Waals surface area contributed by atoms with Crippen LogP contribution in [-0.2, 0) is 0 Å². The van der Waals surface area contributed by atoms with Crippen molar-refractivity contribution in [2.75, 3.05) is 5.32 Å². The third-order valence-electron chi connectivity index (χ3n) is 4.41. The number of pyridine rings is 2. The summed E-state index contributed by atoms with van der Waals surface area (Å²) in [4.78, 5) is 27.3. The van der Waals surface area contributed by atoms with Crippen molar-refractivity contribution in [1.29, 1.82) is 0 Å². The third-order valence-corrected chi connectivity index (χ3v) is 5.30. The van der Waals surface area contributed by atoms with Gasteiger partial charge in [0.1, 0.15) is 12.7 Å². The van der Waals surface area contributed by atoms with Crippen molar-refractivity contribution in [1.82, 2.24) is 24.7 Å². The minimum Gasteiger partial charge on any atom is -0.319 e. The number of benzene rings is 1. The van der Waals surface area contributed by atoms with Crippen LogP contribution in [0.15, 0.2) is 78.8 Å². The van der Waals surface area contributed by atoms with Gasteiger partial charge in [0.25, 0.3) is 5.91 Å². The average Bonchev–Trinajstić information content (AvgIpc) is 3.47. The summed E-state index contributed by atoms with van der Waals surface area (Å²) in [5.41, 5.74) is 2.63. The molecule has 4 aromatic heterocycles. The van der Waals surface area contributed by atoms with Gasteiger partial charge in [-0.3, -0.25) is 4.79 Å². The molecule has 0 fully saturated rings. The van der Waals surface area contributed by atoms with E-state index in [2.05, 4.69) is 20.4 Å². The molecular formula is C21H14N6OS. The molecular weight excluding hydrogens is 384 g/mol. The van der Waals surface area contributed by atoms with Crippen LogP contribution >= 0.6 is 11.3 Å². The lowest BCUT2D eigenvalue weighted by molar-refractivity contribution is 0.102. The summed E-state index contributed by atoms with van der Waals surface area (Å²) in [6.07, 6.45) is 4.60. The molecule has 1 aromatic carbocycles. The van der Waals surface area contributed by atoms with Gasteiger partial charge in [0, 0.05) is 11.6 Å². The Balaban J connectivity index is 1.59. The van der Waals surface area contributed by atoms with E-state index < -0.39 is 0 Å². The Labute approximate surface area is 169 Å². The Kier molecular flexibility index (Phi) is 4.30. The Morgan fingerprint density at radius 3 is 2.83 bits per heavy atom. The molecule has 0 atom stereocenters. The monoisotopic (exact) mass is 398 g/mol. The summed E-state index contributed by atoms with van der Waals surface area (Å²) in [5, 5.41) is 9.85. The van der Waals surface area contributed by atoms with Gasteiger partial charge < -0.3 is 5.32 Å². The van der Waals surface area contributed by atoms with Crippen molar-refractivity contribution in [3.63, 3.8) is 0 Å². The van der Waals surface area contributed by atoms with Gasteiger partial charge in [-0.25, -0.2) is 19.6 Å². The quantitative estimate of drug-likeness (QED) is 0.491. The van der Waals surface area contributed by atoms with Crippen LogP contribution in [0.2, 0.25) is 0 Å². The highest BCUT2D eigenvalue weighted by Crippen LogP contribution is 2.28. The van der Waals surface area contributed by atoms with Crippen LogP contribution in [0.1, 0.15) is 10.4 Å². The number of aromatic nitrogens is 5. The molecule has 0 spiro atoms. The maximum atomic E-state index is 13.3. The lowest BCUT2D eigenvalue weighted by Crippen LogP contribution is -2.15. The smallest absolute Gasteiger partial charge is 0.256 e. The van der Waals surface area contributed by atoms with E-state index in [0.717, 1.165) is 21.5 Å². The molecule has 0 saturated carbocycles. The van der Waals surface area contributed by atoms with E-state index >= 15 is 0 Å². The van der Waals surface area contributed by atoms with Gasteiger partial charge in [0.05, 0.1) is 27.3 Å².